The topological polar surface area (TPSA) is 49.3 Å². The van der Waals surface area contributed by atoms with Crippen molar-refractivity contribution in [3.05, 3.63) is 24.3 Å². The number of aromatic nitrogens is 2. The molecule has 1 aromatic rings. The van der Waals surface area contributed by atoms with E-state index in [2.05, 4.69) is 14.9 Å². The lowest BCUT2D eigenvalue weighted by Crippen LogP contribution is -2.43. The van der Waals surface area contributed by atoms with Crippen LogP contribution in [-0.4, -0.2) is 58.4 Å². The summed E-state index contributed by atoms with van der Waals surface area (Å²) in [6.45, 7) is 4.41. The van der Waals surface area contributed by atoms with E-state index in [1.807, 2.05) is 11.1 Å². The van der Waals surface area contributed by atoms with E-state index in [1.165, 1.54) is 0 Å². The van der Waals surface area contributed by atoms with Gasteiger partial charge in [-0.05, 0) is 32.2 Å². The maximum absolute atomic E-state index is 12.2. The Bertz CT molecular complexity index is 444. The third-order valence-electron chi connectivity index (χ3n) is 4.32. The van der Waals surface area contributed by atoms with Crippen molar-refractivity contribution in [2.24, 2.45) is 0 Å². The monoisotopic (exact) mass is 274 g/mol. The van der Waals surface area contributed by atoms with Crippen molar-refractivity contribution >= 4 is 5.91 Å². The molecular weight excluding hydrogens is 252 g/mol. The number of piperidine rings is 1. The molecule has 2 aliphatic heterocycles. The highest BCUT2D eigenvalue weighted by Gasteiger charge is 2.26. The highest BCUT2D eigenvalue weighted by Crippen LogP contribution is 2.24. The fourth-order valence-corrected chi connectivity index (χ4v) is 3.22. The first-order valence-corrected chi connectivity index (χ1v) is 7.59. The van der Waals surface area contributed by atoms with Crippen molar-refractivity contribution in [3.8, 4) is 0 Å². The summed E-state index contributed by atoms with van der Waals surface area (Å²) in [5.41, 5.74) is 1.06. The quantitative estimate of drug-likeness (QED) is 0.833. The van der Waals surface area contributed by atoms with Gasteiger partial charge in [-0.1, -0.05) is 0 Å². The van der Waals surface area contributed by atoms with Gasteiger partial charge in [0.25, 0.3) is 0 Å². The molecule has 5 heteroatoms. The van der Waals surface area contributed by atoms with Crippen LogP contribution >= 0.6 is 0 Å². The number of likely N-dealkylation sites (tertiary alicyclic amines) is 2. The van der Waals surface area contributed by atoms with Crippen LogP contribution in [0.25, 0.3) is 0 Å². The molecule has 5 nitrogen and oxygen atoms in total. The minimum Gasteiger partial charge on any atom is -0.342 e. The average Bonchev–Trinajstić information content (AvgIpc) is 3.03. The Morgan fingerprint density at radius 1 is 1.20 bits per heavy atom. The minimum absolute atomic E-state index is 0.294. The fourth-order valence-electron chi connectivity index (χ4n) is 3.22. The Labute approximate surface area is 120 Å². The Kier molecular flexibility index (Phi) is 4.25. The van der Waals surface area contributed by atoms with Crippen LogP contribution in [0.1, 0.15) is 37.3 Å². The van der Waals surface area contributed by atoms with Gasteiger partial charge in [-0.25, -0.2) is 0 Å². The minimum atomic E-state index is 0.294. The molecule has 0 saturated carbocycles. The van der Waals surface area contributed by atoms with Crippen molar-refractivity contribution in [1.29, 1.82) is 0 Å². The molecule has 0 radical (unpaired) electrons. The van der Waals surface area contributed by atoms with Gasteiger partial charge >= 0.3 is 0 Å². The van der Waals surface area contributed by atoms with Gasteiger partial charge in [0.2, 0.25) is 5.91 Å². The molecule has 0 spiro atoms. The van der Waals surface area contributed by atoms with Crippen LogP contribution in [0.3, 0.4) is 0 Å². The number of amides is 1. The molecule has 2 aliphatic rings. The Morgan fingerprint density at radius 3 is 2.80 bits per heavy atom. The molecular formula is C15H22N4O. The van der Waals surface area contributed by atoms with Crippen molar-refractivity contribution in [1.82, 2.24) is 19.8 Å². The first-order chi connectivity index (χ1) is 9.83. The van der Waals surface area contributed by atoms with Gasteiger partial charge in [0.05, 0.1) is 12.2 Å². The van der Waals surface area contributed by atoms with E-state index < -0.39 is 0 Å². The highest BCUT2D eigenvalue weighted by atomic mass is 16.2. The number of carbonyl (C=O) groups is 1. The van der Waals surface area contributed by atoms with E-state index >= 15 is 0 Å². The van der Waals surface area contributed by atoms with Gasteiger partial charge in [0.15, 0.2) is 0 Å². The summed E-state index contributed by atoms with van der Waals surface area (Å²) in [4.78, 5) is 25.1. The molecule has 0 aliphatic carbocycles. The Morgan fingerprint density at radius 2 is 2.05 bits per heavy atom. The predicted octanol–water partition coefficient (Wildman–Crippen LogP) is 1.28. The molecule has 1 atom stereocenters. The largest absolute Gasteiger partial charge is 0.342 e. The standard InChI is InChI=1S/C15H22N4O/c20-15(19-8-1-2-9-19)12-18-7-3-4-13(11-18)14-10-16-5-6-17-14/h5-6,10,13H,1-4,7-9,11-12H2. The molecule has 1 aromatic heterocycles. The normalized spacial score (nSPS) is 24.0. The summed E-state index contributed by atoms with van der Waals surface area (Å²) >= 11 is 0. The zero-order valence-electron chi connectivity index (χ0n) is 11.9. The summed E-state index contributed by atoms with van der Waals surface area (Å²) in [6, 6.07) is 0. The predicted molar refractivity (Wildman–Crippen MR) is 76.3 cm³/mol. The summed E-state index contributed by atoms with van der Waals surface area (Å²) in [5, 5.41) is 0. The second-order valence-electron chi connectivity index (χ2n) is 5.79. The van der Waals surface area contributed by atoms with Crippen LogP contribution in [0.5, 0.6) is 0 Å². The number of nitrogens with zero attached hydrogens (tertiary/aromatic N) is 4. The number of carbonyl (C=O) groups excluding carboxylic acids is 1. The highest BCUT2D eigenvalue weighted by molar-refractivity contribution is 5.78. The van der Waals surface area contributed by atoms with Crippen LogP contribution < -0.4 is 0 Å². The van der Waals surface area contributed by atoms with E-state index in [9.17, 15) is 4.79 Å². The third-order valence-corrected chi connectivity index (χ3v) is 4.32. The van der Waals surface area contributed by atoms with E-state index in [0.717, 1.165) is 57.6 Å². The molecule has 3 rings (SSSR count). The van der Waals surface area contributed by atoms with Gasteiger partial charge in [0, 0.05) is 44.1 Å². The van der Waals surface area contributed by atoms with Crippen LogP contribution in [0, 0.1) is 0 Å². The average molecular weight is 274 g/mol. The summed E-state index contributed by atoms with van der Waals surface area (Å²) < 4.78 is 0. The smallest absolute Gasteiger partial charge is 0.236 e. The third kappa shape index (κ3) is 3.15. The Hall–Kier alpha value is -1.49. The van der Waals surface area contributed by atoms with Crippen LogP contribution in [0.4, 0.5) is 0 Å². The molecule has 1 unspecified atom stereocenters. The second-order valence-corrected chi connectivity index (χ2v) is 5.79. The van der Waals surface area contributed by atoms with Crippen molar-refractivity contribution in [2.75, 3.05) is 32.7 Å². The van der Waals surface area contributed by atoms with E-state index in [1.54, 1.807) is 12.4 Å². The first kappa shape index (κ1) is 13.5. The van der Waals surface area contributed by atoms with Gasteiger partial charge in [0.1, 0.15) is 0 Å². The van der Waals surface area contributed by atoms with Crippen LogP contribution in [0.15, 0.2) is 18.6 Å². The Balaban J connectivity index is 1.56. The lowest BCUT2D eigenvalue weighted by molar-refractivity contribution is -0.131. The van der Waals surface area contributed by atoms with Gasteiger partial charge in [-0.15, -0.1) is 0 Å². The molecule has 20 heavy (non-hydrogen) atoms. The van der Waals surface area contributed by atoms with Crippen molar-refractivity contribution in [3.63, 3.8) is 0 Å². The van der Waals surface area contributed by atoms with Crippen molar-refractivity contribution in [2.45, 2.75) is 31.6 Å². The fraction of sp³-hybridized carbons (Fsp3) is 0.667. The van der Waals surface area contributed by atoms with Gasteiger partial charge < -0.3 is 4.90 Å². The van der Waals surface area contributed by atoms with Crippen LogP contribution in [0.2, 0.25) is 0 Å². The maximum Gasteiger partial charge on any atom is 0.236 e. The van der Waals surface area contributed by atoms with E-state index in [4.69, 9.17) is 0 Å². The molecule has 0 bridgehead atoms. The molecule has 3 heterocycles. The van der Waals surface area contributed by atoms with Crippen LogP contribution in [-0.2, 0) is 4.79 Å². The van der Waals surface area contributed by atoms with E-state index in [-0.39, 0.29) is 0 Å². The zero-order chi connectivity index (χ0) is 13.8. The maximum atomic E-state index is 12.2. The van der Waals surface area contributed by atoms with Gasteiger partial charge in [-0.3, -0.25) is 19.7 Å². The SMILES string of the molecule is O=C(CN1CCCC(c2cnccn2)C1)N1CCCC1. The summed E-state index contributed by atoms with van der Waals surface area (Å²) in [5.74, 6) is 0.714. The summed E-state index contributed by atoms with van der Waals surface area (Å²) in [7, 11) is 0. The number of rotatable bonds is 3. The number of hydrogen-bond donors (Lipinski definition) is 0. The van der Waals surface area contributed by atoms with Gasteiger partial charge in [-0.2, -0.15) is 0 Å². The van der Waals surface area contributed by atoms with Crippen molar-refractivity contribution < 1.29 is 4.79 Å². The number of hydrogen-bond acceptors (Lipinski definition) is 4. The second kappa shape index (κ2) is 6.31. The first-order valence-electron chi connectivity index (χ1n) is 7.59. The molecule has 1 amide bonds. The van der Waals surface area contributed by atoms with E-state index in [0.29, 0.717) is 18.4 Å². The molecule has 2 saturated heterocycles. The lowest BCUT2D eigenvalue weighted by Gasteiger charge is -2.32. The molecule has 2 fully saturated rings. The molecule has 108 valence electrons. The molecule has 0 aromatic carbocycles. The zero-order valence-corrected chi connectivity index (χ0v) is 11.9. The molecule has 0 N–H and O–H groups in total. The lowest BCUT2D eigenvalue weighted by atomic mass is 9.95. The summed E-state index contributed by atoms with van der Waals surface area (Å²) in [6.07, 6.45) is 9.92.